The zero-order chi connectivity index (χ0) is 16.9. The van der Waals surface area contributed by atoms with Gasteiger partial charge in [-0.3, -0.25) is 4.79 Å². The second-order valence-electron chi connectivity index (χ2n) is 5.88. The topological polar surface area (TPSA) is 81.9 Å². The average molecular weight is 321 g/mol. The summed E-state index contributed by atoms with van der Waals surface area (Å²) in [6.45, 7) is 3.17. The SMILES string of the molecule is Cc1cc(C#N)nc(N[C@H](CN2CCCC2=O)c2ccccc2)n1. The molecule has 3 rings (SSSR count). The van der Waals surface area contributed by atoms with E-state index in [1.54, 1.807) is 6.07 Å². The maximum atomic E-state index is 12.0. The van der Waals surface area contributed by atoms with Gasteiger partial charge in [-0.05, 0) is 25.0 Å². The molecule has 1 aliphatic rings. The molecule has 0 bridgehead atoms. The molecule has 1 aliphatic heterocycles. The Morgan fingerprint density at radius 3 is 2.79 bits per heavy atom. The second-order valence-corrected chi connectivity index (χ2v) is 5.88. The van der Waals surface area contributed by atoms with Gasteiger partial charge in [0.1, 0.15) is 11.8 Å². The molecule has 1 atom stereocenters. The summed E-state index contributed by atoms with van der Waals surface area (Å²) in [7, 11) is 0. The van der Waals surface area contributed by atoms with Crippen LogP contribution in [0.25, 0.3) is 0 Å². The van der Waals surface area contributed by atoms with Gasteiger partial charge in [-0.25, -0.2) is 9.97 Å². The van der Waals surface area contributed by atoms with E-state index in [1.807, 2.05) is 48.2 Å². The fourth-order valence-electron chi connectivity index (χ4n) is 2.88. The first kappa shape index (κ1) is 15.9. The Morgan fingerprint density at radius 2 is 2.12 bits per heavy atom. The van der Waals surface area contributed by atoms with Gasteiger partial charge in [-0.2, -0.15) is 5.26 Å². The van der Waals surface area contributed by atoms with Crippen LogP contribution in [0.3, 0.4) is 0 Å². The molecule has 24 heavy (non-hydrogen) atoms. The lowest BCUT2D eigenvalue weighted by Crippen LogP contribution is -2.33. The first-order valence-corrected chi connectivity index (χ1v) is 8.01. The van der Waals surface area contributed by atoms with Gasteiger partial charge in [0.2, 0.25) is 11.9 Å². The molecule has 0 spiro atoms. The number of benzene rings is 1. The lowest BCUT2D eigenvalue weighted by Gasteiger charge is -2.25. The molecule has 1 aromatic heterocycles. The quantitative estimate of drug-likeness (QED) is 0.914. The zero-order valence-electron chi connectivity index (χ0n) is 13.6. The fourth-order valence-corrected chi connectivity index (χ4v) is 2.88. The first-order valence-electron chi connectivity index (χ1n) is 8.01. The summed E-state index contributed by atoms with van der Waals surface area (Å²) in [5.74, 6) is 0.590. The van der Waals surface area contributed by atoms with Crippen molar-refractivity contribution in [2.75, 3.05) is 18.4 Å². The van der Waals surface area contributed by atoms with Crippen molar-refractivity contribution in [3.8, 4) is 6.07 Å². The minimum absolute atomic E-state index is 0.124. The van der Waals surface area contributed by atoms with Gasteiger partial charge in [0, 0.05) is 25.2 Å². The normalized spacial score (nSPS) is 15.2. The highest BCUT2D eigenvalue weighted by atomic mass is 16.2. The predicted molar refractivity (Wildman–Crippen MR) is 90.1 cm³/mol. The van der Waals surface area contributed by atoms with Crippen LogP contribution in [0.1, 0.15) is 35.8 Å². The molecule has 6 heteroatoms. The smallest absolute Gasteiger partial charge is 0.224 e. The van der Waals surface area contributed by atoms with E-state index in [4.69, 9.17) is 5.26 Å². The van der Waals surface area contributed by atoms with Crippen molar-refractivity contribution in [2.45, 2.75) is 25.8 Å². The van der Waals surface area contributed by atoms with Gasteiger partial charge in [0.15, 0.2) is 0 Å². The van der Waals surface area contributed by atoms with Gasteiger partial charge in [0.05, 0.1) is 6.04 Å². The highest BCUT2D eigenvalue weighted by Crippen LogP contribution is 2.22. The Labute approximate surface area is 141 Å². The number of nitrogens with one attached hydrogen (secondary N) is 1. The largest absolute Gasteiger partial charge is 0.346 e. The number of rotatable bonds is 5. The molecule has 2 aromatic rings. The van der Waals surface area contributed by atoms with Crippen LogP contribution in [0.2, 0.25) is 0 Å². The number of carbonyl (C=O) groups is 1. The van der Waals surface area contributed by atoms with Gasteiger partial charge in [-0.1, -0.05) is 30.3 Å². The van der Waals surface area contributed by atoms with Crippen LogP contribution in [-0.2, 0) is 4.79 Å². The minimum Gasteiger partial charge on any atom is -0.346 e. The van der Waals surface area contributed by atoms with E-state index in [9.17, 15) is 4.79 Å². The standard InChI is InChI=1S/C18H19N5O/c1-13-10-15(11-19)21-18(20-13)22-16(14-6-3-2-4-7-14)12-23-9-5-8-17(23)24/h2-4,6-7,10,16H,5,8-9,12H2,1H3,(H,20,21,22)/t16-/m1/s1. The molecule has 122 valence electrons. The van der Waals surface area contributed by atoms with E-state index in [-0.39, 0.29) is 11.9 Å². The molecule has 1 aromatic carbocycles. The molecule has 0 radical (unpaired) electrons. The number of anilines is 1. The zero-order valence-corrected chi connectivity index (χ0v) is 13.6. The van der Waals surface area contributed by atoms with E-state index in [2.05, 4.69) is 15.3 Å². The van der Waals surface area contributed by atoms with Crippen molar-refractivity contribution >= 4 is 11.9 Å². The second kappa shape index (κ2) is 7.09. The van der Waals surface area contributed by atoms with Crippen LogP contribution in [0.15, 0.2) is 36.4 Å². The molecular weight excluding hydrogens is 302 g/mol. The predicted octanol–water partition coefficient (Wildman–Crippen LogP) is 2.43. The minimum atomic E-state index is -0.124. The van der Waals surface area contributed by atoms with E-state index < -0.39 is 0 Å². The molecule has 2 heterocycles. The molecule has 1 N–H and O–H groups in total. The van der Waals surface area contributed by atoms with Crippen molar-refractivity contribution < 1.29 is 4.79 Å². The monoisotopic (exact) mass is 321 g/mol. The van der Waals surface area contributed by atoms with Gasteiger partial charge >= 0.3 is 0 Å². The lowest BCUT2D eigenvalue weighted by atomic mass is 10.1. The average Bonchev–Trinajstić information content (AvgIpc) is 2.99. The summed E-state index contributed by atoms with van der Waals surface area (Å²) in [5, 5.41) is 12.4. The van der Waals surface area contributed by atoms with Crippen molar-refractivity contribution in [1.82, 2.24) is 14.9 Å². The van der Waals surface area contributed by atoms with Crippen LogP contribution in [0, 0.1) is 18.3 Å². The number of aromatic nitrogens is 2. The number of aryl methyl sites for hydroxylation is 1. The van der Waals surface area contributed by atoms with Crippen molar-refractivity contribution in [1.29, 1.82) is 5.26 Å². The van der Waals surface area contributed by atoms with Crippen LogP contribution in [0.4, 0.5) is 5.95 Å². The highest BCUT2D eigenvalue weighted by Gasteiger charge is 2.24. The third-order valence-corrected chi connectivity index (χ3v) is 4.05. The van der Waals surface area contributed by atoms with Crippen molar-refractivity contribution in [3.05, 3.63) is 53.3 Å². The van der Waals surface area contributed by atoms with Gasteiger partial charge in [-0.15, -0.1) is 0 Å². The summed E-state index contributed by atoms with van der Waals surface area (Å²) in [5.41, 5.74) is 2.11. The van der Waals surface area contributed by atoms with E-state index in [0.29, 0.717) is 24.6 Å². The maximum Gasteiger partial charge on any atom is 0.224 e. The molecule has 0 unspecified atom stereocenters. The van der Waals surface area contributed by atoms with Crippen LogP contribution >= 0.6 is 0 Å². The third-order valence-electron chi connectivity index (χ3n) is 4.05. The molecule has 1 amide bonds. The summed E-state index contributed by atoms with van der Waals surface area (Å²) in [6.07, 6.45) is 1.51. The molecule has 0 saturated carbocycles. The Hall–Kier alpha value is -2.94. The number of hydrogen-bond acceptors (Lipinski definition) is 5. The summed E-state index contributed by atoms with van der Waals surface area (Å²) in [6, 6.07) is 13.5. The van der Waals surface area contributed by atoms with E-state index in [1.165, 1.54) is 0 Å². The van der Waals surface area contributed by atoms with Gasteiger partial charge < -0.3 is 10.2 Å². The van der Waals surface area contributed by atoms with Crippen LogP contribution in [-0.4, -0.2) is 33.9 Å². The molecule has 1 saturated heterocycles. The van der Waals surface area contributed by atoms with Crippen molar-refractivity contribution in [3.63, 3.8) is 0 Å². The Balaban J connectivity index is 1.86. The van der Waals surface area contributed by atoms with Gasteiger partial charge in [0.25, 0.3) is 0 Å². The maximum absolute atomic E-state index is 12.0. The number of nitrogens with zero attached hydrogens (tertiary/aromatic N) is 4. The summed E-state index contributed by atoms with van der Waals surface area (Å²) in [4.78, 5) is 22.4. The highest BCUT2D eigenvalue weighted by molar-refractivity contribution is 5.78. The summed E-state index contributed by atoms with van der Waals surface area (Å²) >= 11 is 0. The Bertz CT molecular complexity index is 769. The van der Waals surface area contributed by atoms with E-state index >= 15 is 0 Å². The summed E-state index contributed by atoms with van der Waals surface area (Å²) < 4.78 is 0. The van der Waals surface area contributed by atoms with E-state index in [0.717, 1.165) is 24.2 Å². The number of amides is 1. The molecule has 0 aliphatic carbocycles. The first-order chi connectivity index (χ1) is 11.7. The third kappa shape index (κ3) is 3.69. The number of nitriles is 1. The van der Waals surface area contributed by atoms with Crippen molar-refractivity contribution in [2.24, 2.45) is 0 Å². The Kier molecular flexibility index (Phi) is 4.71. The number of hydrogen-bond donors (Lipinski definition) is 1. The van der Waals surface area contributed by atoms with Crippen LogP contribution < -0.4 is 5.32 Å². The molecular formula is C18H19N5O. The Morgan fingerprint density at radius 1 is 1.33 bits per heavy atom. The number of likely N-dealkylation sites (tertiary alicyclic amines) is 1. The van der Waals surface area contributed by atoms with Crippen LogP contribution in [0.5, 0.6) is 0 Å². The molecule has 1 fully saturated rings. The molecule has 6 nitrogen and oxygen atoms in total. The fraction of sp³-hybridized carbons (Fsp3) is 0.333. The lowest BCUT2D eigenvalue weighted by molar-refractivity contribution is -0.127. The number of carbonyl (C=O) groups excluding carboxylic acids is 1.